The number of aliphatic hydroxyl groups is 1. The van der Waals surface area contributed by atoms with E-state index in [1.807, 2.05) is 0 Å². The number of methoxy groups -OCH3 is 1. The lowest BCUT2D eigenvalue weighted by Gasteiger charge is -2.32. The minimum atomic E-state index is -2.37. The van der Waals surface area contributed by atoms with E-state index in [-0.39, 0.29) is 25.4 Å². The molecule has 0 aliphatic carbocycles. The van der Waals surface area contributed by atoms with Gasteiger partial charge in [0, 0.05) is 19.3 Å². The maximum Gasteiger partial charge on any atom is 0.336 e. The fourth-order valence-electron chi connectivity index (χ4n) is 6.33. The molecule has 1 amide bonds. The molecule has 1 aromatic rings. The molecule has 1 saturated heterocycles. The van der Waals surface area contributed by atoms with E-state index in [0.29, 0.717) is 25.4 Å². The Balaban J connectivity index is 2.03. The highest BCUT2D eigenvalue weighted by atomic mass is 16.7. The molecule has 0 radical (unpaired) electrons. The molecule has 3 N–H and O–H groups in total. The molecule has 0 aromatic heterocycles. The predicted molar refractivity (Wildman–Crippen MR) is 193 cm³/mol. The van der Waals surface area contributed by atoms with E-state index >= 15 is 0 Å². The summed E-state index contributed by atoms with van der Waals surface area (Å²) in [6.07, 6.45) is 15.4. The van der Waals surface area contributed by atoms with Gasteiger partial charge < -0.3 is 34.5 Å². The Labute approximate surface area is 299 Å². The van der Waals surface area contributed by atoms with Crippen molar-refractivity contribution in [2.24, 2.45) is 11.8 Å². The summed E-state index contributed by atoms with van der Waals surface area (Å²) in [6.45, 7) is 9.05. The fourth-order valence-corrected chi connectivity index (χ4v) is 6.33. The highest BCUT2D eigenvalue weighted by Crippen LogP contribution is 2.32. The second kappa shape index (κ2) is 23.2. The molecule has 0 unspecified atom stereocenters. The summed E-state index contributed by atoms with van der Waals surface area (Å²) >= 11 is 0. The smallest absolute Gasteiger partial charge is 0.336 e. The van der Waals surface area contributed by atoms with Crippen molar-refractivity contribution in [2.45, 2.75) is 135 Å². The minimum Gasteiger partial charge on any atom is -0.481 e. The largest absolute Gasteiger partial charge is 0.481 e. The maximum atomic E-state index is 13.7. The van der Waals surface area contributed by atoms with E-state index in [1.54, 1.807) is 51.1 Å². The van der Waals surface area contributed by atoms with Gasteiger partial charge in [0.25, 0.3) is 0 Å². The Hall–Kier alpha value is -3.39. The number of nitrogens with one attached hydrogen (secondary N) is 1. The summed E-state index contributed by atoms with van der Waals surface area (Å²) in [7, 11) is 1.22. The molecule has 10 nitrogen and oxygen atoms in total. The first-order valence-electron chi connectivity index (χ1n) is 18.4. The van der Waals surface area contributed by atoms with Gasteiger partial charge in [0.15, 0.2) is 11.4 Å². The third-order valence-electron chi connectivity index (χ3n) is 9.02. The van der Waals surface area contributed by atoms with E-state index in [9.17, 15) is 24.6 Å². The van der Waals surface area contributed by atoms with Gasteiger partial charge in [-0.15, -0.1) is 5.92 Å². The number of carbonyl (C=O) groups is 3. The first-order valence-corrected chi connectivity index (χ1v) is 18.4. The topological polar surface area (TPSA) is 141 Å². The Morgan fingerprint density at radius 3 is 2.18 bits per heavy atom. The van der Waals surface area contributed by atoms with Crippen LogP contribution >= 0.6 is 0 Å². The zero-order valence-electron chi connectivity index (χ0n) is 31.0. The molecular weight excluding hydrogens is 638 g/mol. The average molecular weight is 700 g/mol. The second-order valence-corrected chi connectivity index (χ2v) is 13.6. The van der Waals surface area contributed by atoms with Crippen LogP contribution in [0.1, 0.15) is 117 Å². The monoisotopic (exact) mass is 699 g/mol. The van der Waals surface area contributed by atoms with E-state index < -0.39 is 41.2 Å². The fraction of sp³-hybridized carbons (Fsp3) is 0.675. The number of benzene rings is 1. The van der Waals surface area contributed by atoms with Gasteiger partial charge in [0.05, 0.1) is 26.2 Å². The number of amides is 1. The molecule has 50 heavy (non-hydrogen) atoms. The van der Waals surface area contributed by atoms with Crippen molar-refractivity contribution in [1.29, 1.82) is 0 Å². The first-order chi connectivity index (χ1) is 24.0. The van der Waals surface area contributed by atoms with Crippen LogP contribution in [-0.4, -0.2) is 72.4 Å². The van der Waals surface area contributed by atoms with Gasteiger partial charge in [-0.25, -0.2) is 9.59 Å². The molecule has 1 aliphatic rings. The lowest BCUT2D eigenvalue weighted by Crippen LogP contribution is -2.55. The number of hydrogen-bond donors (Lipinski definition) is 3. The molecule has 1 aliphatic heterocycles. The minimum absolute atomic E-state index is 0.0931. The van der Waals surface area contributed by atoms with Crippen LogP contribution in [-0.2, 0) is 35.0 Å². The number of carboxylic acids is 1. The number of unbranched alkanes of at least 4 members (excludes halogenated alkanes) is 8. The van der Waals surface area contributed by atoms with Crippen molar-refractivity contribution in [3.05, 3.63) is 42.0 Å². The van der Waals surface area contributed by atoms with Crippen molar-refractivity contribution in [1.82, 2.24) is 5.32 Å². The van der Waals surface area contributed by atoms with Crippen LogP contribution in [0.15, 0.2) is 36.4 Å². The molecule has 0 saturated carbocycles. The molecule has 0 spiro atoms. The molecular formula is C40H61NO9. The molecule has 1 fully saturated rings. The lowest BCUT2D eigenvalue weighted by molar-refractivity contribution is -0.169. The van der Waals surface area contributed by atoms with E-state index in [4.69, 9.17) is 18.9 Å². The standard InChI is InChI=1S/C40H61NO9/c1-6-8-10-14-17-24-39(49-27-28-50-39)25-18-15-12-11-13-16-19-34(40(46,38(44)45)30-31(3)4)36(42)41-35(37(43)47-5)29-32-20-22-33(23-21-32)48-26-9-7-2/h16,19-23,31,34-35,46H,6,8,10-15,17-18,24-30H2,1-5H3,(H,41,42)(H,44,45)/t34-,35+,40+/m1/s1. The zero-order chi connectivity index (χ0) is 36.8. The summed E-state index contributed by atoms with van der Waals surface area (Å²) in [5.74, 6) is 1.14. The molecule has 3 atom stereocenters. The van der Waals surface area contributed by atoms with Crippen LogP contribution in [0.4, 0.5) is 0 Å². The van der Waals surface area contributed by atoms with Crippen molar-refractivity contribution in [3.63, 3.8) is 0 Å². The highest BCUT2D eigenvalue weighted by molar-refractivity contribution is 5.92. The molecule has 2 rings (SSSR count). The third kappa shape index (κ3) is 14.8. The maximum absolute atomic E-state index is 13.7. The number of carbonyl (C=O) groups excluding carboxylic acids is 2. The van der Waals surface area contributed by atoms with Crippen LogP contribution in [0.25, 0.3) is 0 Å². The Morgan fingerprint density at radius 2 is 1.62 bits per heavy atom. The number of carboxylic acid groups (broad SMARTS) is 1. The van der Waals surface area contributed by atoms with Crippen molar-refractivity contribution in [2.75, 3.05) is 26.9 Å². The van der Waals surface area contributed by atoms with Crippen molar-refractivity contribution < 1.29 is 43.5 Å². The Morgan fingerprint density at radius 1 is 1.00 bits per heavy atom. The van der Waals surface area contributed by atoms with Gasteiger partial charge in [0.2, 0.25) is 5.91 Å². The van der Waals surface area contributed by atoms with Gasteiger partial charge in [-0.05, 0) is 62.6 Å². The first kappa shape index (κ1) is 42.8. The summed E-state index contributed by atoms with van der Waals surface area (Å²) in [5, 5.41) is 24.2. The summed E-state index contributed by atoms with van der Waals surface area (Å²) in [5.41, 5.74) is -1.65. The summed E-state index contributed by atoms with van der Waals surface area (Å²) < 4.78 is 22.6. The van der Waals surface area contributed by atoms with Crippen molar-refractivity contribution in [3.8, 4) is 17.6 Å². The Bertz CT molecular complexity index is 1240. The predicted octanol–water partition coefficient (Wildman–Crippen LogP) is 6.77. The van der Waals surface area contributed by atoms with Crippen LogP contribution < -0.4 is 10.1 Å². The average Bonchev–Trinajstić information content (AvgIpc) is 3.55. The van der Waals surface area contributed by atoms with Crippen LogP contribution in [0.2, 0.25) is 0 Å². The molecule has 280 valence electrons. The van der Waals surface area contributed by atoms with Gasteiger partial charge in [-0.2, -0.15) is 0 Å². The van der Waals surface area contributed by atoms with Gasteiger partial charge in [-0.1, -0.05) is 89.5 Å². The summed E-state index contributed by atoms with van der Waals surface area (Å²) in [4.78, 5) is 39.0. The number of rotatable bonds is 25. The van der Waals surface area contributed by atoms with E-state index in [1.165, 1.54) is 38.9 Å². The molecule has 0 bridgehead atoms. The van der Waals surface area contributed by atoms with Crippen molar-refractivity contribution >= 4 is 17.8 Å². The molecule has 1 aromatic carbocycles. The lowest BCUT2D eigenvalue weighted by atomic mass is 9.79. The second-order valence-electron chi connectivity index (χ2n) is 13.6. The summed E-state index contributed by atoms with van der Waals surface area (Å²) in [6, 6.07) is 5.91. The van der Waals surface area contributed by atoms with Crippen LogP contribution in [0.3, 0.4) is 0 Å². The molecule has 1 heterocycles. The highest BCUT2D eigenvalue weighted by Gasteiger charge is 2.47. The molecule has 10 heteroatoms. The van der Waals surface area contributed by atoms with Gasteiger partial charge in [0.1, 0.15) is 18.4 Å². The van der Waals surface area contributed by atoms with Gasteiger partial charge in [-0.3, -0.25) is 4.79 Å². The van der Waals surface area contributed by atoms with Crippen LogP contribution in [0, 0.1) is 23.7 Å². The van der Waals surface area contributed by atoms with Crippen LogP contribution in [0.5, 0.6) is 5.75 Å². The quantitative estimate of drug-likeness (QED) is 0.0437. The Kier molecular flexibility index (Phi) is 19.8. The van der Waals surface area contributed by atoms with E-state index in [0.717, 1.165) is 50.5 Å². The number of aliphatic carboxylic acids is 1. The third-order valence-corrected chi connectivity index (χ3v) is 9.02. The SMILES string of the molecule is CC#CCOc1ccc(C[C@H](NC(=O)[C@@H](C=CCCCCCCC2(CCCCCCC)OCCO2)[C@@](O)(CC(C)C)C(=O)O)C(=O)OC)cc1. The number of ether oxygens (including phenoxy) is 4. The number of allylic oxidation sites excluding steroid dienone is 1. The normalized spacial score (nSPS) is 16.3. The van der Waals surface area contributed by atoms with E-state index in [2.05, 4.69) is 24.1 Å². The number of esters is 1. The van der Waals surface area contributed by atoms with Gasteiger partial charge >= 0.3 is 11.9 Å². The zero-order valence-corrected chi connectivity index (χ0v) is 31.0. The number of hydrogen-bond acceptors (Lipinski definition) is 8.